The Labute approximate surface area is 102 Å². The van der Waals surface area contributed by atoms with Crippen molar-refractivity contribution in [2.24, 2.45) is 0 Å². The third kappa shape index (κ3) is 5.19. The van der Waals surface area contributed by atoms with Crippen molar-refractivity contribution in [3.8, 4) is 5.75 Å². The molecule has 5 heteroatoms. The third-order valence-corrected chi connectivity index (χ3v) is 3.52. The lowest BCUT2D eigenvalue weighted by Gasteiger charge is -2.11. The Hall–Kier alpha value is -1.07. The van der Waals surface area contributed by atoms with E-state index in [1.54, 1.807) is 31.4 Å². The van der Waals surface area contributed by atoms with Crippen molar-refractivity contribution in [3.63, 3.8) is 0 Å². The van der Waals surface area contributed by atoms with Crippen molar-refractivity contribution in [2.75, 3.05) is 19.1 Å². The van der Waals surface area contributed by atoms with Crippen LogP contribution in [0.1, 0.15) is 24.5 Å². The van der Waals surface area contributed by atoms with E-state index in [4.69, 9.17) is 4.74 Å². The van der Waals surface area contributed by atoms with Crippen LogP contribution in [-0.4, -0.2) is 32.6 Å². The van der Waals surface area contributed by atoms with E-state index < -0.39 is 15.9 Å². The van der Waals surface area contributed by atoms with E-state index in [0.717, 1.165) is 11.3 Å². The molecule has 1 aromatic carbocycles. The molecule has 1 atom stereocenters. The lowest BCUT2D eigenvalue weighted by molar-refractivity contribution is 0.166. The van der Waals surface area contributed by atoms with Gasteiger partial charge in [-0.3, -0.25) is 0 Å². The van der Waals surface area contributed by atoms with Gasteiger partial charge in [-0.1, -0.05) is 12.1 Å². The standard InChI is InChI=1S/C12H18O4S/c1-16-11-7-5-10(6-8-11)12(13)4-3-9-17(2,14)15/h5-8,12-13H,3-4,9H2,1-2H3. The minimum atomic E-state index is -2.94. The fourth-order valence-corrected chi connectivity index (χ4v) is 2.22. The van der Waals surface area contributed by atoms with Crippen LogP contribution in [0.25, 0.3) is 0 Å². The van der Waals surface area contributed by atoms with Gasteiger partial charge in [0.2, 0.25) is 0 Å². The zero-order chi connectivity index (χ0) is 12.9. The predicted octanol–water partition coefficient (Wildman–Crippen LogP) is 1.55. The quantitative estimate of drug-likeness (QED) is 0.841. The average molecular weight is 258 g/mol. The van der Waals surface area contributed by atoms with Gasteiger partial charge in [0.05, 0.1) is 13.2 Å². The number of benzene rings is 1. The summed E-state index contributed by atoms with van der Waals surface area (Å²) in [5, 5.41) is 9.85. The molecule has 1 N–H and O–H groups in total. The maximum atomic E-state index is 10.9. The Morgan fingerprint density at radius 1 is 1.29 bits per heavy atom. The molecule has 0 spiro atoms. The van der Waals surface area contributed by atoms with Gasteiger partial charge in [0.25, 0.3) is 0 Å². The highest BCUT2D eigenvalue weighted by Gasteiger charge is 2.09. The number of sulfone groups is 1. The summed E-state index contributed by atoms with van der Waals surface area (Å²) in [4.78, 5) is 0. The highest BCUT2D eigenvalue weighted by atomic mass is 32.2. The van der Waals surface area contributed by atoms with Crippen molar-refractivity contribution in [1.29, 1.82) is 0 Å². The highest BCUT2D eigenvalue weighted by molar-refractivity contribution is 7.90. The molecule has 0 bridgehead atoms. The maximum Gasteiger partial charge on any atom is 0.147 e. The van der Waals surface area contributed by atoms with E-state index in [2.05, 4.69) is 0 Å². The second kappa shape index (κ2) is 6.02. The van der Waals surface area contributed by atoms with Crippen molar-refractivity contribution in [2.45, 2.75) is 18.9 Å². The Balaban J connectivity index is 2.49. The number of rotatable bonds is 6. The van der Waals surface area contributed by atoms with Gasteiger partial charge in [-0.15, -0.1) is 0 Å². The molecule has 0 heterocycles. The zero-order valence-electron chi connectivity index (χ0n) is 10.1. The molecule has 17 heavy (non-hydrogen) atoms. The van der Waals surface area contributed by atoms with Gasteiger partial charge in [-0.25, -0.2) is 8.42 Å². The summed E-state index contributed by atoms with van der Waals surface area (Å²) in [7, 11) is -1.36. The number of hydrogen-bond donors (Lipinski definition) is 1. The van der Waals surface area contributed by atoms with Crippen molar-refractivity contribution < 1.29 is 18.3 Å². The minimum Gasteiger partial charge on any atom is -0.497 e. The molecular formula is C12H18O4S. The van der Waals surface area contributed by atoms with Crippen LogP contribution >= 0.6 is 0 Å². The fourth-order valence-electron chi connectivity index (χ4n) is 1.53. The first-order chi connectivity index (χ1) is 7.92. The monoisotopic (exact) mass is 258 g/mol. The summed E-state index contributed by atoms with van der Waals surface area (Å²) in [6.07, 6.45) is 1.49. The molecule has 0 saturated heterocycles. The Morgan fingerprint density at radius 3 is 2.35 bits per heavy atom. The molecule has 0 aliphatic carbocycles. The van der Waals surface area contributed by atoms with Crippen LogP contribution < -0.4 is 4.74 Å². The van der Waals surface area contributed by atoms with Gasteiger partial charge in [0.1, 0.15) is 15.6 Å². The minimum absolute atomic E-state index is 0.111. The Morgan fingerprint density at radius 2 is 1.88 bits per heavy atom. The van der Waals surface area contributed by atoms with E-state index in [1.807, 2.05) is 0 Å². The normalized spacial score (nSPS) is 13.4. The number of ether oxygens (including phenoxy) is 1. The number of methoxy groups -OCH3 is 1. The van der Waals surface area contributed by atoms with Crippen LogP contribution in [-0.2, 0) is 9.84 Å². The Bertz CT molecular complexity index is 436. The number of hydrogen-bond acceptors (Lipinski definition) is 4. The van der Waals surface area contributed by atoms with E-state index in [1.165, 1.54) is 6.26 Å². The topological polar surface area (TPSA) is 63.6 Å². The largest absolute Gasteiger partial charge is 0.497 e. The maximum absolute atomic E-state index is 10.9. The molecule has 4 nitrogen and oxygen atoms in total. The molecule has 96 valence electrons. The molecule has 0 fully saturated rings. The molecule has 1 aromatic rings. The van der Waals surface area contributed by atoms with Gasteiger partial charge >= 0.3 is 0 Å². The molecule has 0 aromatic heterocycles. The van der Waals surface area contributed by atoms with E-state index >= 15 is 0 Å². The van der Waals surface area contributed by atoms with Crippen LogP contribution in [0.5, 0.6) is 5.75 Å². The predicted molar refractivity (Wildman–Crippen MR) is 66.9 cm³/mol. The van der Waals surface area contributed by atoms with Crippen LogP contribution in [0.2, 0.25) is 0 Å². The first-order valence-corrected chi connectivity index (χ1v) is 7.48. The third-order valence-electron chi connectivity index (χ3n) is 2.49. The van der Waals surface area contributed by atoms with Gasteiger partial charge in [0, 0.05) is 12.0 Å². The van der Waals surface area contributed by atoms with Crippen LogP contribution in [0.4, 0.5) is 0 Å². The smallest absolute Gasteiger partial charge is 0.147 e. The van der Waals surface area contributed by atoms with Crippen LogP contribution in [0, 0.1) is 0 Å². The Kier molecular flexibility index (Phi) is 4.96. The fraction of sp³-hybridized carbons (Fsp3) is 0.500. The molecular weight excluding hydrogens is 240 g/mol. The summed E-state index contributed by atoms with van der Waals surface area (Å²) >= 11 is 0. The number of aliphatic hydroxyl groups is 1. The summed E-state index contributed by atoms with van der Waals surface area (Å²) in [6.45, 7) is 0. The van der Waals surface area contributed by atoms with Gasteiger partial charge in [-0.05, 0) is 30.5 Å². The van der Waals surface area contributed by atoms with Gasteiger partial charge < -0.3 is 9.84 Å². The van der Waals surface area contributed by atoms with Crippen molar-refractivity contribution >= 4 is 9.84 Å². The second-order valence-electron chi connectivity index (χ2n) is 4.06. The lowest BCUT2D eigenvalue weighted by Crippen LogP contribution is -2.05. The second-order valence-corrected chi connectivity index (χ2v) is 6.32. The van der Waals surface area contributed by atoms with Crippen LogP contribution in [0.15, 0.2) is 24.3 Å². The van der Waals surface area contributed by atoms with Crippen molar-refractivity contribution in [3.05, 3.63) is 29.8 Å². The van der Waals surface area contributed by atoms with E-state index in [-0.39, 0.29) is 5.75 Å². The summed E-state index contributed by atoms with van der Waals surface area (Å²) in [6, 6.07) is 7.11. The summed E-state index contributed by atoms with van der Waals surface area (Å²) in [5.41, 5.74) is 0.777. The van der Waals surface area contributed by atoms with E-state index in [0.29, 0.717) is 12.8 Å². The molecule has 0 radical (unpaired) electrons. The van der Waals surface area contributed by atoms with Gasteiger partial charge in [0.15, 0.2) is 0 Å². The molecule has 0 amide bonds. The van der Waals surface area contributed by atoms with Crippen molar-refractivity contribution in [1.82, 2.24) is 0 Å². The first kappa shape index (κ1) is 14.0. The summed E-state index contributed by atoms with van der Waals surface area (Å²) in [5.74, 6) is 0.845. The average Bonchev–Trinajstić information content (AvgIpc) is 2.27. The molecule has 0 aliphatic rings. The zero-order valence-corrected chi connectivity index (χ0v) is 10.9. The van der Waals surface area contributed by atoms with E-state index in [9.17, 15) is 13.5 Å². The first-order valence-electron chi connectivity index (χ1n) is 5.42. The molecule has 1 rings (SSSR count). The van der Waals surface area contributed by atoms with Crippen LogP contribution in [0.3, 0.4) is 0 Å². The lowest BCUT2D eigenvalue weighted by atomic mass is 10.1. The molecule has 0 saturated carbocycles. The highest BCUT2D eigenvalue weighted by Crippen LogP contribution is 2.21. The molecule has 0 aliphatic heterocycles. The SMILES string of the molecule is COc1ccc(C(O)CCCS(C)(=O)=O)cc1. The summed E-state index contributed by atoms with van der Waals surface area (Å²) < 4.78 is 26.9. The van der Waals surface area contributed by atoms with Gasteiger partial charge in [-0.2, -0.15) is 0 Å². The molecule has 1 unspecified atom stereocenters. The number of aliphatic hydroxyl groups excluding tert-OH is 1.